The molecule has 184 valence electrons. The van der Waals surface area contributed by atoms with Gasteiger partial charge in [0.2, 0.25) is 5.69 Å². The first-order valence-corrected chi connectivity index (χ1v) is 10.9. The molecule has 0 unspecified atom stereocenters. The summed E-state index contributed by atoms with van der Waals surface area (Å²) in [7, 11) is 1.68. The SMILES string of the molecule is [C-]#[N+]c1ccc(-c2nc(C(=O)N3CC[C@H](N)C3)c(C(F)(F)F)n2-c2ccc3nn(C)cc3c2)cc1F. The number of fused-ring (bicyclic) bond motifs is 1. The van der Waals surface area contributed by atoms with Gasteiger partial charge in [0.15, 0.2) is 11.4 Å². The molecule has 0 bridgehead atoms. The molecule has 1 aliphatic rings. The van der Waals surface area contributed by atoms with Crippen LogP contribution in [0.5, 0.6) is 0 Å². The number of imidazole rings is 1. The van der Waals surface area contributed by atoms with E-state index in [1.807, 2.05) is 0 Å². The first-order chi connectivity index (χ1) is 17.1. The van der Waals surface area contributed by atoms with Gasteiger partial charge in [-0.05, 0) is 30.7 Å². The summed E-state index contributed by atoms with van der Waals surface area (Å²) >= 11 is 0. The number of nitrogens with two attached hydrogens (primary N) is 1. The van der Waals surface area contributed by atoms with Gasteiger partial charge in [-0.1, -0.05) is 12.1 Å². The molecule has 8 nitrogen and oxygen atoms in total. The second-order valence-electron chi connectivity index (χ2n) is 8.59. The molecule has 1 aliphatic heterocycles. The minimum Gasteiger partial charge on any atom is -0.336 e. The Morgan fingerprint density at radius 3 is 2.64 bits per heavy atom. The van der Waals surface area contributed by atoms with Crippen molar-refractivity contribution < 1.29 is 22.4 Å². The van der Waals surface area contributed by atoms with E-state index < -0.39 is 29.3 Å². The molecule has 3 heterocycles. The van der Waals surface area contributed by atoms with Gasteiger partial charge < -0.3 is 10.6 Å². The second kappa shape index (κ2) is 8.46. The third kappa shape index (κ3) is 3.97. The maximum Gasteiger partial charge on any atom is 0.434 e. The zero-order valence-electron chi connectivity index (χ0n) is 18.9. The first-order valence-electron chi connectivity index (χ1n) is 10.9. The van der Waals surface area contributed by atoms with Crippen molar-refractivity contribution in [2.45, 2.75) is 18.6 Å². The Morgan fingerprint density at radius 2 is 2.00 bits per heavy atom. The van der Waals surface area contributed by atoms with Crippen molar-refractivity contribution in [3.63, 3.8) is 0 Å². The van der Waals surface area contributed by atoms with E-state index >= 15 is 0 Å². The van der Waals surface area contributed by atoms with Crippen LogP contribution >= 0.6 is 0 Å². The van der Waals surface area contributed by atoms with Gasteiger partial charge >= 0.3 is 6.18 Å². The number of aryl methyl sites for hydroxylation is 1. The minimum absolute atomic E-state index is 0.0196. The molecule has 0 radical (unpaired) electrons. The molecule has 1 atom stereocenters. The number of nitrogens with zero attached hydrogens (tertiary/aromatic N) is 6. The molecular formula is C24H19F4N7O. The standard InChI is InChI=1S/C24H19F4N7O/c1-30-19-5-3-13(10-17(19)25)22-31-20(23(36)34-8-7-15(29)12-34)21(24(26,27)28)35(22)16-4-6-18-14(9-16)11-33(2)32-18/h3-6,9-11,15H,7-8,12,29H2,2H3/t15-/m0/s1. The maximum atomic E-state index is 14.6. The van der Waals surface area contributed by atoms with E-state index in [0.717, 1.165) is 16.7 Å². The quantitative estimate of drug-likeness (QED) is 0.338. The van der Waals surface area contributed by atoms with Crippen molar-refractivity contribution in [3.05, 3.63) is 71.2 Å². The molecule has 1 fully saturated rings. The Labute approximate surface area is 202 Å². The fourth-order valence-corrected chi connectivity index (χ4v) is 4.41. The maximum absolute atomic E-state index is 14.6. The third-order valence-electron chi connectivity index (χ3n) is 6.05. The van der Waals surface area contributed by atoms with Crippen LogP contribution in [0.2, 0.25) is 0 Å². The summed E-state index contributed by atoms with van der Waals surface area (Å²) in [6.45, 7) is 7.36. The lowest BCUT2D eigenvalue weighted by atomic mass is 10.1. The Hall–Kier alpha value is -4.24. The number of alkyl halides is 3. The lowest BCUT2D eigenvalue weighted by Gasteiger charge is -2.18. The fourth-order valence-electron chi connectivity index (χ4n) is 4.41. The summed E-state index contributed by atoms with van der Waals surface area (Å²) in [5.74, 6) is -2.10. The van der Waals surface area contributed by atoms with Gasteiger partial charge in [-0.15, -0.1) is 0 Å². The van der Waals surface area contributed by atoms with Crippen molar-refractivity contribution in [1.29, 1.82) is 0 Å². The van der Waals surface area contributed by atoms with Crippen LogP contribution in [-0.4, -0.2) is 49.3 Å². The lowest BCUT2D eigenvalue weighted by Crippen LogP contribution is -2.33. The van der Waals surface area contributed by atoms with Crippen LogP contribution in [0.4, 0.5) is 23.2 Å². The van der Waals surface area contributed by atoms with E-state index in [0.29, 0.717) is 17.3 Å². The van der Waals surface area contributed by atoms with Crippen LogP contribution in [0.15, 0.2) is 42.6 Å². The summed E-state index contributed by atoms with van der Waals surface area (Å²) in [6.07, 6.45) is -2.87. The molecule has 0 saturated carbocycles. The molecule has 2 aromatic heterocycles. The predicted octanol–water partition coefficient (Wildman–Crippen LogP) is 4.31. The Balaban J connectivity index is 1.80. The number of halogens is 4. The van der Waals surface area contributed by atoms with Gasteiger partial charge in [0.1, 0.15) is 11.6 Å². The average molecular weight is 497 g/mol. The number of benzene rings is 2. The van der Waals surface area contributed by atoms with Crippen LogP contribution in [0.1, 0.15) is 22.6 Å². The highest BCUT2D eigenvalue weighted by Gasteiger charge is 2.44. The van der Waals surface area contributed by atoms with Crippen LogP contribution < -0.4 is 5.73 Å². The zero-order chi connectivity index (χ0) is 25.8. The average Bonchev–Trinajstić information content (AvgIpc) is 3.53. The van der Waals surface area contributed by atoms with E-state index in [1.54, 1.807) is 19.3 Å². The van der Waals surface area contributed by atoms with Gasteiger partial charge in [0, 0.05) is 49.0 Å². The highest BCUT2D eigenvalue weighted by molar-refractivity contribution is 5.95. The Bertz CT molecular complexity index is 1550. The van der Waals surface area contributed by atoms with Crippen LogP contribution in [0.25, 0.3) is 32.8 Å². The lowest BCUT2D eigenvalue weighted by molar-refractivity contribution is -0.142. The fraction of sp³-hybridized carbons (Fsp3) is 0.250. The number of carbonyl (C=O) groups is 1. The summed E-state index contributed by atoms with van der Waals surface area (Å²) in [4.78, 5) is 21.7. The molecule has 2 aromatic carbocycles. The second-order valence-corrected chi connectivity index (χ2v) is 8.59. The topological polar surface area (TPSA) is 86.3 Å². The monoisotopic (exact) mass is 497 g/mol. The smallest absolute Gasteiger partial charge is 0.336 e. The Morgan fingerprint density at radius 1 is 1.22 bits per heavy atom. The minimum atomic E-state index is -4.98. The summed E-state index contributed by atoms with van der Waals surface area (Å²) < 4.78 is 60.6. The van der Waals surface area contributed by atoms with Gasteiger partial charge in [0.25, 0.3) is 5.91 Å². The number of likely N-dealkylation sites (tertiary alicyclic amines) is 1. The number of hydrogen-bond donors (Lipinski definition) is 1. The molecule has 36 heavy (non-hydrogen) atoms. The van der Waals surface area contributed by atoms with Crippen molar-refractivity contribution in [2.24, 2.45) is 12.8 Å². The van der Waals surface area contributed by atoms with E-state index in [-0.39, 0.29) is 41.9 Å². The van der Waals surface area contributed by atoms with E-state index in [9.17, 15) is 22.4 Å². The zero-order valence-corrected chi connectivity index (χ0v) is 18.9. The van der Waals surface area contributed by atoms with Crippen LogP contribution in [0.3, 0.4) is 0 Å². The molecule has 1 amide bonds. The molecule has 0 aliphatic carbocycles. The first kappa shape index (κ1) is 23.5. The highest BCUT2D eigenvalue weighted by Crippen LogP contribution is 2.39. The highest BCUT2D eigenvalue weighted by atomic mass is 19.4. The molecule has 2 N–H and O–H groups in total. The molecule has 1 saturated heterocycles. The molecular weight excluding hydrogens is 478 g/mol. The molecule has 0 spiro atoms. The number of rotatable bonds is 3. The van der Waals surface area contributed by atoms with Gasteiger partial charge in [0.05, 0.1) is 12.1 Å². The Kier molecular flexibility index (Phi) is 5.52. The third-order valence-corrected chi connectivity index (χ3v) is 6.05. The summed E-state index contributed by atoms with van der Waals surface area (Å²) in [6, 6.07) is 7.54. The van der Waals surface area contributed by atoms with Crippen molar-refractivity contribution in [1.82, 2.24) is 24.2 Å². The number of hydrogen-bond acceptors (Lipinski definition) is 4. The number of aromatic nitrogens is 4. The van der Waals surface area contributed by atoms with Gasteiger partial charge in [-0.25, -0.2) is 14.2 Å². The van der Waals surface area contributed by atoms with E-state index in [4.69, 9.17) is 12.3 Å². The van der Waals surface area contributed by atoms with Gasteiger partial charge in [-0.3, -0.25) is 14.0 Å². The number of carbonyl (C=O) groups excluding carboxylic acids is 1. The number of amides is 1. The predicted molar refractivity (Wildman–Crippen MR) is 123 cm³/mol. The van der Waals surface area contributed by atoms with Gasteiger partial charge in [-0.2, -0.15) is 18.3 Å². The molecule has 12 heteroatoms. The summed E-state index contributed by atoms with van der Waals surface area (Å²) in [5, 5.41) is 4.81. The summed E-state index contributed by atoms with van der Waals surface area (Å²) in [5.41, 5.74) is 4.11. The van der Waals surface area contributed by atoms with E-state index in [2.05, 4.69) is 14.9 Å². The van der Waals surface area contributed by atoms with Crippen LogP contribution in [0, 0.1) is 12.4 Å². The largest absolute Gasteiger partial charge is 0.434 e. The normalized spacial score (nSPS) is 16.0. The van der Waals surface area contributed by atoms with Crippen LogP contribution in [-0.2, 0) is 13.2 Å². The molecule has 4 aromatic rings. The van der Waals surface area contributed by atoms with Crippen molar-refractivity contribution in [2.75, 3.05) is 13.1 Å². The molecule has 5 rings (SSSR count). The van der Waals surface area contributed by atoms with Crippen molar-refractivity contribution in [3.8, 4) is 17.1 Å². The van der Waals surface area contributed by atoms with E-state index in [1.165, 1.54) is 27.8 Å². The van der Waals surface area contributed by atoms with Crippen molar-refractivity contribution >= 4 is 22.5 Å².